The first-order chi connectivity index (χ1) is 35.7. The molecule has 17 heteroatoms. The fourth-order valence-electron chi connectivity index (χ4n) is 8.74. The average Bonchev–Trinajstić information content (AvgIpc) is 3.40. The van der Waals surface area contributed by atoms with Gasteiger partial charge in [-0.05, 0) is 153 Å². The van der Waals surface area contributed by atoms with E-state index in [4.69, 9.17) is 16.6 Å². The van der Waals surface area contributed by atoms with Gasteiger partial charge in [-0.2, -0.15) is 0 Å². The molecule has 16 N–H and O–H groups in total. The molecule has 74 heavy (non-hydrogen) atoms. The van der Waals surface area contributed by atoms with Crippen LogP contribution in [0.1, 0.15) is 202 Å². The van der Waals surface area contributed by atoms with Crippen LogP contribution in [0, 0.1) is 29.6 Å². The largest absolute Gasteiger partial charge is 0.394 e. The van der Waals surface area contributed by atoms with Gasteiger partial charge in [0.1, 0.15) is 18.3 Å². The first kappa shape index (κ1) is 74.0. The number of carbonyl (C=O) groups is 3. The number of nitrogens with one attached hydrogen (secondary N) is 7. The Bertz CT molecular complexity index is 1220. The van der Waals surface area contributed by atoms with E-state index in [2.05, 4.69) is 71.8 Å². The van der Waals surface area contributed by atoms with Crippen LogP contribution in [0.4, 0.5) is 0 Å². The summed E-state index contributed by atoms with van der Waals surface area (Å²) in [7, 11) is 0. The highest BCUT2D eigenvalue weighted by Gasteiger charge is 2.34. The predicted octanol–water partition coefficient (Wildman–Crippen LogP) is 4.99. The van der Waals surface area contributed by atoms with Crippen molar-refractivity contribution < 1.29 is 39.9 Å². The third kappa shape index (κ3) is 48.3. The van der Waals surface area contributed by atoms with Gasteiger partial charge in [-0.3, -0.25) is 14.4 Å². The monoisotopic (exact) mass is 1060 g/mol. The van der Waals surface area contributed by atoms with Gasteiger partial charge in [0.2, 0.25) is 11.8 Å². The lowest BCUT2D eigenvalue weighted by molar-refractivity contribution is -0.148. The molecule has 8 atom stereocenters. The van der Waals surface area contributed by atoms with Crippen molar-refractivity contribution in [1.29, 1.82) is 0 Å². The molecule has 0 saturated carbocycles. The molecule has 0 aromatic heterocycles. The number of amides is 3. The Balaban J connectivity index is 0. The maximum atomic E-state index is 12.1. The zero-order valence-electron chi connectivity index (χ0n) is 48.4. The SMILES string of the molecule is CCC(=O)NCCCCCCC(CNCCCCNCCCN)CNCCCCNCCCN.CCC(C)CCCC(C)CCCCC(C)CCCC(C)CCC(=O)NCCNC(=O)[C@H](O)[C@@H](O)[C@H](O)[C@H](O)CO. The third-order valence-corrected chi connectivity index (χ3v) is 14.3. The van der Waals surface area contributed by atoms with Gasteiger partial charge in [-0.1, -0.05) is 131 Å². The number of nitrogens with two attached hydrogens (primary N) is 2. The molecule has 0 rings (SSSR count). The molecule has 0 aliphatic carbocycles. The van der Waals surface area contributed by atoms with Crippen molar-refractivity contribution in [3.63, 3.8) is 0 Å². The van der Waals surface area contributed by atoms with Crippen LogP contribution in [0.2, 0.25) is 0 Å². The molecular formula is C57H121N9O8. The van der Waals surface area contributed by atoms with E-state index in [1.807, 2.05) is 6.92 Å². The van der Waals surface area contributed by atoms with Gasteiger partial charge < -0.3 is 74.2 Å². The van der Waals surface area contributed by atoms with Crippen molar-refractivity contribution in [3.8, 4) is 0 Å². The van der Waals surface area contributed by atoms with Gasteiger partial charge in [0.25, 0.3) is 5.91 Å². The van der Waals surface area contributed by atoms with E-state index in [1.54, 1.807) is 0 Å². The molecule has 0 bridgehead atoms. The second-order valence-corrected chi connectivity index (χ2v) is 21.7. The molecule has 0 heterocycles. The van der Waals surface area contributed by atoms with Crippen LogP contribution < -0.4 is 48.7 Å². The second-order valence-electron chi connectivity index (χ2n) is 21.7. The quantitative estimate of drug-likeness (QED) is 0.0358. The highest BCUT2D eigenvalue weighted by molar-refractivity contribution is 5.81. The Morgan fingerprint density at radius 3 is 1.35 bits per heavy atom. The van der Waals surface area contributed by atoms with Gasteiger partial charge in [-0.15, -0.1) is 0 Å². The average molecular weight is 1060 g/mol. The summed E-state index contributed by atoms with van der Waals surface area (Å²) in [5, 5.41) is 69.5. The van der Waals surface area contributed by atoms with E-state index < -0.39 is 36.9 Å². The van der Waals surface area contributed by atoms with Crippen molar-refractivity contribution in [2.45, 2.75) is 226 Å². The van der Waals surface area contributed by atoms with Crippen LogP contribution in [0.3, 0.4) is 0 Å². The van der Waals surface area contributed by atoms with Crippen LogP contribution >= 0.6 is 0 Å². The van der Waals surface area contributed by atoms with Crippen molar-refractivity contribution >= 4 is 17.7 Å². The molecule has 0 aliphatic rings. The van der Waals surface area contributed by atoms with Crippen LogP contribution in [0.5, 0.6) is 0 Å². The minimum Gasteiger partial charge on any atom is -0.394 e. The van der Waals surface area contributed by atoms with Gasteiger partial charge >= 0.3 is 0 Å². The topological polar surface area (TPSA) is 289 Å². The highest BCUT2D eigenvalue weighted by Crippen LogP contribution is 2.23. The third-order valence-electron chi connectivity index (χ3n) is 14.3. The smallest absolute Gasteiger partial charge is 0.251 e. The fraction of sp³-hybridized carbons (Fsp3) is 0.947. The van der Waals surface area contributed by atoms with Crippen molar-refractivity contribution in [1.82, 2.24) is 37.2 Å². The molecule has 0 aliphatic heterocycles. The number of aliphatic hydroxyl groups excluding tert-OH is 5. The van der Waals surface area contributed by atoms with Gasteiger partial charge in [0.05, 0.1) is 6.61 Å². The molecule has 0 aromatic carbocycles. The minimum atomic E-state index is -1.98. The Kier molecular flexibility index (Phi) is 54.4. The summed E-state index contributed by atoms with van der Waals surface area (Å²) in [6, 6.07) is 0. The first-order valence-electron chi connectivity index (χ1n) is 30.0. The van der Waals surface area contributed by atoms with E-state index in [0.717, 1.165) is 122 Å². The number of hydrogen-bond donors (Lipinski definition) is 14. The lowest BCUT2D eigenvalue weighted by Crippen LogP contribution is -2.52. The molecule has 0 aromatic rings. The van der Waals surface area contributed by atoms with Crippen molar-refractivity contribution in [2.75, 3.05) is 91.7 Å². The molecule has 4 unspecified atom stereocenters. The minimum absolute atomic E-state index is 0.0393. The van der Waals surface area contributed by atoms with E-state index >= 15 is 0 Å². The number of carbonyl (C=O) groups excluding carboxylic acids is 3. The summed E-state index contributed by atoms with van der Waals surface area (Å²) in [6.07, 6.45) is 21.6. The van der Waals surface area contributed by atoms with Gasteiger partial charge in [0.15, 0.2) is 6.10 Å². The summed E-state index contributed by atoms with van der Waals surface area (Å²) in [5.74, 6) is 2.71. The van der Waals surface area contributed by atoms with Crippen LogP contribution in [-0.4, -0.2) is 159 Å². The Labute approximate surface area is 452 Å². The second kappa shape index (κ2) is 54.3. The van der Waals surface area contributed by atoms with E-state index in [0.29, 0.717) is 24.7 Å². The number of unbranched alkanes of at least 4 members (excludes halogenated alkanes) is 6. The molecule has 3 amide bonds. The summed E-state index contributed by atoms with van der Waals surface area (Å²) >= 11 is 0. The number of hydrogen-bond acceptors (Lipinski definition) is 14. The van der Waals surface area contributed by atoms with Crippen LogP contribution in [-0.2, 0) is 14.4 Å². The lowest BCUT2D eigenvalue weighted by Gasteiger charge is -2.24. The highest BCUT2D eigenvalue weighted by atomic mass is 16.4. The van der Waals surface area contributed by atoms with Crippen molar-refractivity contribution in [3.05, 3.63) is 0 Å². The molecular weight excluding hydrogens is 939 g/mol. The molecule has 0 radical (unpaired) electrons. The summed E-state index contributed by atoms with van der Waals surface area (Å²) < 4.78 is 0. The number of rotatable bonds is 53. The first-order valence-corrected chi connectivity index (χ1v) is 30.0. The van der Waals surface area contributed by atoms with E-state index in [-0.39, 0.29) is 24.9 Å². The van der Waals surface area contributed by atoms with E-state index in [9.17, 15) is 34.8 Å². The van der Waals surface area contributed by atoms with Crippen LogP contribution in [0.15, 0.2) is 0 Å². The summed E-state index contributed by atoms with van der Waals surface area (Å²) in [4.78, 5) is 35.3. The maximum absolute atomic E-state index is 12.1. The van der Waals surface area contributed by atoms with Gasteiger partial charge in [-0.25, -0.2) is 0 Å². The molecule has 0 spiro atoms. The fourth-order valence-corrected chi connectivity index (χ4v) is 8.74. The van der Waals surface area contributed by atoms with Crippen molar-refractivity contribution in [2.24, 2.45) is 41.1 Å². The van der Waals surface area contributed by atoms with E-state index in [1.165, 1.54) is 116 Å². The van der Waals surface area contributed by atoms with Crippen LogP contribution in [0.25, 0.3) is 0 Å². The molecule has 17 nitrogen and oxygen atoms in total. The number of aliphatic hydroxyl groups is 5. The summed E-state index contributed by atoms with van der Waals surface area (Å²) in [5.41, 5.74) is 11.0. The standard InChI is InChI=1S/C31H62N2O7.C26H59N7O/c1-6-22(2)13-9-14-23(3)11-7-8-12-24(4)15-10-16-25(5)17-18-27(36)32-19-20-33-31(40)30(39)29(38)28(37)26(35)21-34;1-2-26(34)33-22-6-4-3-5-13-25(23-31-18-9-7-16-29-20-11-14-27)24-32-19-10-8-17-30-21-12-15-28/h22-26,28-30,34-35,37-39H,6-21H2,1-5H3,(H,32,36)(H,33,40);25,29-32H,2-24,27-28H2,1H3,(H,33,34)/t22?,23?,24?,25?,26-,28-,29+,30-;/m1./s1. The van der Waals surface area contributed by atoms with Gasteiger partial charge in [0, 0.05) is 32.5 Å². The zero-order chi connectivity index (χ0) is 55.5. The Morgan fingerprint density at radius 1 is 0.432 bits per heavy atom. The maximum Gasteiger partial charge on any atom is 0.251 e. The lowest BCUT2D eigenvalue weighted by atomic mass is 9.91. The molecule has 0 fully saturated rings. The molecule has 0 saturated heterocycles. The normalized spacial score (nSPS) is 14.8. The Morgan fingerprint density at radius 2 is 0.851 bits per heavy atom. The Hall–Kier alpha value is -2.03. The zero-order valence-corrected chi connectivity index (χ0v) is 48.4. The summed E-state index contributed by atoms with van der Waals surface area (Å²) in [6.45, 7) is 23.8. The predicted molar refractivity (Wildman–Crippen MR) is 307 cm³/mol. The molecule has 442 valence electrons.